The SMILES string of the molecule is CC1CC1C(=O)Nc1cccc(C(=O)N2CCC[C@H]2C(=O)O)c1. The van der Waals surface area contributed by atoms with E-state index >= 15 is 0 Å². The zero-order valence-electron chi connectivity index (χ0n) is 13.0. The van der Waals surface area contributed by atoms with Crippen LogP contribution in [0.5, 0.6) is 0 Å². The van der Waals surface area contributed by atoms with Crippen molar-refractivity contribution in [3.8, 4) is 0 Å². The normalized spacial score (nSPS) is 26.0. The molecule has 6 heteroatoms. The van der Waals surface area contributed by atoms with E-state index in [1.807, 2.05) is 6.92 Å². The number of benzene rings is 1. The number of nitrogens with one attached hydrogen (secondary N) is 1. The number of carbonyl (C=O) groups is 3. The summed E-state index contributed by atoms with van der Waals surface area (Å²) < 4.78 is 0. The number of amides is 2. The van der Waals surface area contributed by atoms with Crippen LogP contribution in [0.1, 0.15) is 36.5 Å². The molecule has 1 aliphatic carbocycles. The number of carbonyl (C=O) groups excluding carboxylic acids is 2. The van der Waals surface area contributed by atoms with Gasteiger partial charge in [-0.05, 0) is 43.4 Å². The van der Waals surface area contributed by atoms with Gasteiger partial charge in [-0.3, -0.25) is 9.59 Å². The molecule has 6 nitrogen and oxygen atoms in total. The molecule has 2 fully saturated rings. The van der Waals surface area contributed by atoms with Crippen LogP contribution in [0.4, 0.5) is 5.69 Å². The second-order valence-electron chi connectivity index (χ2n) is 6.38. The Morgan fingerprint density at radius 3 is 2.70 bits per heavy atom. The van der Waals surface area contributed by atoms with Crippen LogP contribution < -0.4 is 5.32 Å². The molecule has 2 unspecified atom stereocenters. The van der Waals surface area contributed by atoms with Crippen molar-refractivity contribution in [2.24, 2.45) is 11.8 Å². The van der Waals surface area contributed by atoms with Gasteiger partial charge < -0.3 is 15.3 Å². The van der Waals surface area contributed by atoms with Crippen LogP contribution in [0.3, 0.4) is 0 Å². The first kappa shape index (κ1) is 15.5. The number of carboxylic acid groups (broad SMARTS) is 1. The fraction of sp³-hybridized carbons (Fsp3) is 0.471. The van der Waals surface area contributed by atoms with Gasteiger partial charge in [0.15, 0.2) is 0 Å². The molecule has 0 bridgehead atoms. The third-order valence-corrected chi connectivity index (χ3v) is 4.62. The Labute approximate surface area is 134 Å². The molecule has 1 saturated heterocycles. The van der Waals surface area contributed by atoms with Crippen LogP contribution >= 0.6 is 0 Å². The number of rotatable bonds is 4. The summed E-state index contributed by atoms with van der Waals surface area (Å²) >= 11 is 0. The lowest BCUT2D eigenvalue weighted by molar-refractivity contribution is -0.141. The molecule has 23 heavy (non-hydrogen) atoms. The zero-order valence-corrected chi connectivity index (χ0v) is 13.0. The van der Waals surface area contributed by atoms with Crippen LogP contribution in [0.2, 0.25) is 0 Å². The predicted octanol–water partition coefficient (Wildman–Crippen LogP) is 1.97. The summed E-state index contributed by atoms with van der Waals surface area (Å²) in [6, 6.07) is 5.94. The van der Waals surface area contributed by atoms with Crippen LogP contribution in [0.25, 0.3) is 0 Å². The summed E-state index contributed by atoms with van der Waals surface area (Å²) in [6.07, 6.45) is 2.08. The fourth-order valence-corrected chi connectivity index (χ4v) is 3.08. The Hall–Kier alpha value is -2.37. The average Bonchev–Trinajstić information content (AvgIpc) is 3.06. The predicted molar refractivity (Wildman–Crippen MR) is 84.0 cm³/mol. The molecule has 2 amide bonds. The van der Waals surface area contributed by atoms with Crippen molar-refractivity contribution in [2.75, 3.05) is 11.9 Å². The topological polar surface area (TPSA) is 86.7 Å². The second kappa shape index (κ2) is 6.02. The van der Waals surface area contributed by atoms with E-state index in [2.05, 4.69) is 5.32 Å². The summed E-state index contributed by atoms with van der Waals surface area (Å²) in [6.45, 7) is 2.48. The van der Waals surface area contributed by atoms with Crippen LogP contribution in [0, 0.1) is 11.8 Å². The Morgan fingerprint density at radius 1 is 1.30 bits per heavy atom. The maximum atomic E-state index is 12.5. The van der Waals surface area contributed by atoms with Crippen molar-refractivity contribution in [1.29, 1.82) is 0 Å². The smallest absolute Gasteiger partial charge is 0.326 e. The Balaban J connectivity index is 1.72. The summed E-state index contributed by atoms with van der Waals surface area (Å²) in [5, 5.41) is 12.0. The highest BCUT2D eigenvalue weighted by molar-refractivity contribution is 5.99. The van der Waals surface area contributed by atoms with Gasteiger partial charge >= 0.3 is 5.97 Å². The van der Waals surface area contributed by atoms with Crippen molar-refractivity contribution in [2.45, 2.75) is 32.2 Å². The number of likely N-dealkylation sites (tertiary alicyclic amines) is 1. The minimum absolute atomic E-state index is 0.0216. The number of carboxylic acids is 1. The van der Waals surface area contributed by atoms with Crippen LogP contribution in [-0.2, 0) is 9.59 Å². The van der Waals surface area contributed by atoms with E-state index in [1.54, 1.807) is 24.3 Å². The monoisotopic (exact) mass is 316 g/mol. The molecule has 1 saturated carbocycles. The molecular formula is C17H20N2O4. The van der Waals surface area contributed by atoms with Gasteiger partial charge in [-0.2, -0.15) is 0 Å². The van der Waals surface area contributed by atoms with Crippen LogP contribution in [0.15, 0.2) is 24.3 Å². The maximum Gasteiger partial charge on any atom is 0.326 e. The highest BCUT2D eigenvalue weighted by Crippen LogP contribution is 2.38. The molecule has 1 heterocycles. The largest absolute Gasteiger partial charge is 0.480 e. The number of hydrogen-bond acceptors (Lipinski definition) is 3. The van der Waals surface area contributed by atoms with E-state index < -0.39 is 12.0 Å². The molecule has 122 valence electrons. The summed E-state index contributed by atoms with van der Waals surface area (Å²) in [5.74, 6) is -0.814. The second-order valence-corrected chi connectivity index (χ2v) is 6.38. The van der Waals surface area contributed by atoms with Gasteiger partial charge in [-0.25, -0.2) is 4.79 Å². The summed E-state index contributed by atoms with van der Waals surface area (Å²) in [5.41, 5.74) is 0.978. The van der Waals surface area contributed by atoms with Gasteiger partial charge in [-0.1, -0.05) is 13.0 Å². The first-order valence-corrected chi connectivity index (χ1v) is 7.92. The number of aliphatic carboxylic acids is 1. The Bertz CT molecular complexity index is 658. The first-order chi connectivity index (χ1) is 11.0. The number of hydrogen-bond donors (Lipinski definition) is 2. The van der Waals surface area contributed by atoms with E-state index in [1.165, 1.54) is 4.90 Å². The zero-order chi connectivity index (χ0) is 16.6. The van der Waals surface area contributed by atoms with Gasteiger partial charge in [0, 0.05) is 23.7 Å². The standard InChI is InChI=1S/C17H20N2O4/c1-10-8-13(10)15(20)18-12-5-2-4-11(9-12)16(21)19-7-3-6-14(19)17(22)23/h2,4-5,9-10,13-14H,3,6-8H2,1H3,(H,18,20)(H,22,23)/t10?,13?,14-/m0/s1. The Kier molecular flexibility index (Phi) is 4.07. The van der Waals surface area contributed by atoms with Crippen LogP contribution in [-0.4, -0.2) is 40.4 Å². The lowest BCUT2D eigenvalue weighted by Crippen LogP contribution is -2.40. The maximum absolute atomic E-state index is 12.5. The fourth-order valence-electron chi connectivity index (χ4n) is 3.08. The van der Waals surface area contributed by atoms with E-state index in [-0.39, 0.29) is 17.7 Å². The van der Waals surface area contributed by atoms with E-state index in [4.69, 9.17) is 0 Å². The molecular weight excluding hydrogens is 296 g/mol. The molecule has 3 atom stereocenters. The lowest BCUT2D eigenvalue weighted by Gasteiger charge is -2.21. The number of nitrogens with zero attached hydrogens (tertiary/aromatic N) is 1. The molecule has 1 aliphatic heterocycles. The van der Waals surface area contributed by atoms with Gasteiger partial charge in [0.25, 0.3) is 5.91 Å². The quantitative estimate of drug-likeness (QED) is 0.889. The lowest BCUT2D eigenvalue weighted by atomic mass is 10.1. The van der Waals surface area contributed by atoms with Gasteiger partial charge in [0.2, 0.25) is 5.91 Å². The third-order valence-electron chi connectivity index (χ3n) is 4.62. The Morgan fingerprint density at radius 2 is 2.04 bits per heavy atom. The molecule has 0 spiro atoms. The molecule has 0 aromatic heterocycles. The average molecular weight is 316 g/mol. The highest BCUT2D eigenvalue weighted by Gasteiger charge is 2.39. The molecule has 1 aromatic rings. The molecule has 3 rings (SSSR count). The molecule has 0 radical (unpaired) electrons. The first-order valence-electron chi connectivity index (χ1n) is 7.92. The van der Waals surface area contributed by atoms with E-state index in [0.717, 1.165) is 6.42 Å². The molecule has 1 aromatic carbocycles. The number of anilines is 1. The van der Waals surface area contributed by atoms with Gasteiger partial charge in [0.1, 0.15) is 6.04 Å². The summed E-state index contributed by atoms with van der Waals surface area (Å²) in [7, 11) is 0. The van der Waals surface area contributed by atoms with Crippen molar-refractivity contribution in [1.82, 2.24) is 4.90 Å². The van der Waals surface area contributed by atoms with Gasteiger partial charge in [-0.15, -0.1) is 0 Å². The minimum atomic E-state index is -0.969. The van der Waals surface area contributed by atoms with E-state index in [0.29, 0.717) is 36.6 Å². The molecule has 2 aliphatic rings. The highest BCUT2D eigenvalue weighted by atomic mass is 16.4. The van der Waals surface area contributed by atoms with Crippen molar-refractivity contribution in [3.05, 3.63) is 29.8 Å². The van der Waals surface area contributed by atoms with E-state index in [9.17, 15) is 19.5 Å². The van der Waals surface area contributed by atoms with Crippen molar-refractivity contribution in [3.63, 3.8) is 0 Å². The minimum Gasteiger partial charge on any atom is -0.480 e. The van der Waals surface area contributed by atoms with Gasteiger partial charge in [0.05, 0.1) is 0 Å². The third kappa shape index (κ3) is 3.21. The van der Waals surface area contributed by atoms with Crippen molar-refractivity contribution < 1.29 is 19.5 Å². The summed E-state index contributed by atoms with van der Waals surface area (Å²) in [4.78, 5) is 37.1. The molecule has 2 N–H and O–H groups in total. The van der Waals surface area contributed by atoms with Crippen molar-refractivity contribution >= 4 is 23.5 Å².